The van der Waals surface area contributed by atoms with Gasteiger partial charge < -0.3 is 19.1 Å². The molecule has 2 fully saturated rings. The number of halogens is 1. The lowest BCUT2D eigenvalue weighted by Gasteiger charge is -2.33. The smallest absolute Gasteiger partial charge is 0.415 e. The lowest BCUT2D eigenvalue weighted by Crippen LogP contribution is -2.45. The number of cyclic esters (lactones) is 1. The van der Waals surface area contributed by atoms with Gasteiger partial charge in [0.2, 0.25) is 0 Å². The predicted molar refractivity (Wildman–Crippen MR) is 117 cm³/mol. The molecule has 2 atom stereocenters. The van der Waals surface area contributed by atoms with Crippen molar-refractivity contribution in [3.63, 3.8) is 0 Å². The van der Waals surface area contributed by atoms with E-state index in [-0.39, 0.29) is 37.4 Å². The summed E-state index contributed by atoms with van der Waals surface area (Å²) in [6.07, 6.45) is -0.270. The molecule has 32 heavy (non-hydrogen) atoms. The summed E-state index contributed by atoms with van der Waals surface area (Å²) >= 11 is 5.88. The second-order valence-electron chi connectivity index (χ2n) is 7.89. The summed E-state index contributed by atoms with van der Waals surface area (Å²) in [6, 6.07) is 11.7. The Balaban J connectivity index is 1.29. The van der Waals surface area contributed by atoms with Crippen molar-refractivity contribution in [2.75, 3.05) is 36.2 Å². The highest BCUT2D eigenvalue weighted by molar-refractivity contribution is 6.30. The number of amides is 2. The zero-order valence-electron chi connectivity index (χ0n) is 17.2. The van der Waals surface area contributed by atoms with Crippen LogP contribution in [0.2, 0.25) is 5.02 Å². The number of benzene rings is 2. The van der Waals surface area contributed by atoms with Crippen LogP contribution in [0, 0.1) is 0 Å². The average Bonchev–Trinajstić information content (AvgIpc) is 3.13. The van der Waals surface area contributed by atoms with Crippen molar-refractivity contribution in [3.8, 4) is 5.75 Å². The number of ketones is 1. The Kier molecular flexibility index (Phi) is 5.48. The van der Waals surface area contributed by atoms with Crippen molar-refractivity contribution >= 4 is 40.8 Å². The average molecular weight is 457 g/mol. The maximum Gasteiger partial charge on any atom is 0.415 e. The monoisotopic (exact) mass is 456 g/mol. The van der Waals surface area contributed by atoms with Crippen LogP contribution in [0.1, 0.15) is 23.2 Å². The van der Waals surface area contributed by atoms with Crippen molar-refractivity contribution in [2.24, 2.45) is 0 Å². The van der Waals surface area contributed by atoms with E-state index in [1.165, 1.54) is 0 Å². The highest BCUT2D eigenvalue weighted by atomic mass is 35.5. The fourth-order valence-electron chi connectivity index (χ4n) is 4.28. The Morgan fingerprint density at radius 2 is 1.94 bits per heavy atom. The number of anilines is 2. The van der Waals surface area contributed by atoms with Gasteiger partial charge in [-0.25, -0.2) is 4.79 Å². The van der Waals surface area contributed by atoms with Crippen LogP contribution in [-0.4, -0.2) is 56.3 Å². The molecule has 3 aliphatic heterocycles. The fraction of sp³-hybridized carbons (Fsp3) is 0.348. The number of hydrogen-bond acceptors (Lipinski definition) is 6. The van der Waals surface area contributed by atoms with Crippen molar-refractivity contribution in [1.29, 1.82) is 0 Å². The standard InChI is InChI=1S/C23H21ClN2O6/c24-15-3-1-14(2-4-15)19(27)7-8-20-18-12-31-21-11-16(25-9-10-30-13-22(25)28)5-6-17(21)26(18)23(29)32-20/h1-6,11,18,20H,7-10,12-13H2/t18-,20-/m0/s1. The molecule has 0 saturated carbocycles. The number of nitrogens with zero attached hydrogens (tertiary/aromatic N) is 2. The fourth-order valence-corrected chi connectivity index (χ4v) is 4.41. The lowest BCUT2D eigenvalue weighted by molar-refractivity contribution is -0.125. The summed E-state index contributed by atoms with van der Waals surface area (Å²) < 4.78 is 16.7. The van der Waals surface area contributed by atoms with E-state index in [9.17, 15) is 14.4 Å². The zero-order chi connectivity index (χ0) is 22.2. The largest absolute Gasteiger partial charge is 0.489 e. The van der Waals surface area contributed by atoms with E-state index in [1.54, 1.807) is 52.3 Å². The van der Waals surface area contributed by atoms with Gasteiger partial charge >= 0.3 is 6.09 Å². The van der Waals surface area contributed by atoms with Crippen molar-refractivity contribution in [3.05, 3.63) is 53.1 Å². The first-order chi connectivity index (χ1) is 15.5. The number of fused-ring (bicyclic) bond motifs is 3. The molecule has 0 aliphatic carbocycles. The minimum Gasteiger partial charge on any atom is -0.489 e. The maximum absolute atomic E-state index is 12.6. The van der Waals surface area contributed by atoms with Crippen molar-refractivity contribution in [1.82, 2.24) is 0 Å². The first-order valence-electron chi connectivity index (χ1n) is 10.4. The molecule has 9 heteroatoms. The number of Topliss-reactive ketones (excluding diaryl/α,β-unsaturated/α-hetero) is 1. The Morgan fingerprint density at radius 3 is 2.72 bits per heavy atom. The number of carbonyl (C=O) groups is 3. The Morgan fingerprint density at radius 1 is 1.12 bits per heavy atom. The molecule has 0 radical (unpaired) electrons. The first kappa shape index (κ1) is 20.8. The van der Waals surface area contributed by atoms with Crippen molar-refractivity contribution < 1.29 is 28.6 Å². The Hall–Kier alpha value is -3.10. The summed E-state index contributed by atoms with van der Waals surface area (Å²) in [5, 5.41) is 0.570. The van der Waals surface area contributed by atoms with Gasteiger partial charge in [0.1, 0.15) is 31.1 Å². The highest BCUT2D eigenvalue weighted by Gasteiger charge is 2.46. The van der Waals surface area contributed by atoms with E-state index in [0.717, 1.165) is 0 Å². The first-order valence-corrected chi connectivity index (χ1v) is 10.8. The molecule has 8 nitrogen and oxygen atoms in total. The van der Waals surface area contributed by atoms with Gasteiger partial charge in [0.05, 0.1) is 12.3 Å². The summed E-state index contributed by atoms with van der Waals surface area (Å²) in [5.74, 6) is 0.372. The second-order valence-corrected chi connectivity index (χ2v) is 8.33. The van der Waals surface area contributed by atoms with Gasteiger partial charge in [0, 0.05) is 35.3 Å². The SMILES string of the molecule is O=C(CC[C@@H]1OC(=O)N2c3ccc(N4CCOCC4=O)cc3OC[C@@H]12)c1ccc(Cl)cc1. The molecular weight excluding hydrogens is 436 g/mol. The quantitative estimate of drug-likeness (QED) is 0.640. The van der Waals surface area contributed by atoms with E-state index in [4.69, 9.17) is 25.8 Å². The molecule has 0 aromatic heterocycles. The molecule has 3 heterocycles. The molecule has 166 valence electrons. The van der Waals surface area contributed by atoms with Gasteiger partial charge in [0.15, 0.2) is 5.78 Å². The Labute approximate surface area is 189 Å². The number of carbonyl (C=O) groups excluding carboxylic acids is 3. The summed E-state index contributed by atoms with van der Waals surface area (Å²) in [7, 11) is 0. The zero-order valence-corrected chi connectivity index (χ0v) is 17.9. The van der Waals surface area contributed by atoms with E-state index in [1.807, 2.05) is 0 Å². The number of ether oxygens (including phenoxy) is 3. The summed E-state index contributed by atoms with van der Waals surface area (Å²) in [5.41, 5.74) is 1.88. The Bertz CT molecular complexity index is 1070. The molecule has 2 aromatic rings. The minimum atomic E-state index is -0.460. The van der Waals surface area contributed by atoms with Gasteiger partial charge in [-0.3, -0.25) is 14.5 Å². The molecular formula is C23H21ClN2O6. The molecule has 5 rings (SSSR count). The number of hydrogen-bond donors (Lipinski definition) is 0. The lowest BCUT2D eigenvalue weighted by atomic mass is 10.00. The van der Waals surface area contributed by atoms with Crippen LogP contribution in [0.5, 0.6) is 5.75 Å². The van der Waals surface area contributed by atoms with Gasteiger partial charge in [-0.2, -0.15) is 0 Å². The topological polar surface area (TPSA) is 85.4 Å². The molecule has 0 unspecified atom stereocenters. The van der Waals surface area contributed by atoms with Crippen LogP contribution in [0.25, 0.3) is 0 Å². The van der Waals surface area contributed by atoms with Crippen molar-refractivity contribution in [2.45, 2.75) is 25.0 Å². The molecule has 2 aromatic carbocycles. The van der Waals surface area contributed by atoms with Crippen LogP contribution in [-0.2, 0) is 14.3 Å². The molecule has 2 saturated heterocycles. The summed E-state index contributed by atoms with van der Waals surface area (Å²) in [4.78, 5) is 40.5. The maximum atomic E-state index is 12.6. The molecule has 0 N–H and O–H groups in total. The van der Waals surface area contributed by atoms with E-state index in [2.05, 4.69) is 0 Å². The minimum absolute atomic E-state index is 0.0342. The molecule has 3 aliphatic rings. The molecule has 0 spiro atoms. The van der Waals surface area contributed by atoms with Gasteiger partial charge in [-0.1, -0.05) is 11.6 Å². The number of rotatable bonds is 5. The molecule has 0 bridgehead atoms. The van der Waals surface area contributed by atoms with E-state index in [0.29, 0.717) is 47.3 Å². The predicted octanol–water partition coefficient (Wildman–Crippen LogP) is 3.45. The highest BCUT2D eigenvalue weighted by Crippen LogP contribution is 2.41. The number of morpholine rings is 1. The van der Waals surface area contributed by atoms with Crippen LogP contribution < -0.4 is 14.5 Å². The normalized spacial score (nSPS) is 22.2. The third-order valence-electron chi connectivity index (χ3n) is 5.94. The van der Waals surface area contributed by atoms with Crippen LogP contribution >= 0.6 is 11.6 Å². The van der Waals surface area contributed by atoms with Crippen LogP contribution in [0.3, 0.4) is 0 Å². The van der Waals surface area contributed by atoms with E-state index < -0.39 is 12.2 Å². The van der Waals surface area contributed by atoms with Crippen LogP contribution in [0.15, 0.2) is 42.5 Å². The second kappa shape index (κ2) is 8.44. The van der Waals surface area contributed by atoms with Crippen LogP contribution in [0.4, 0.5) is 16.2 Å². The third-order valence-corrected chi connectivity index (χ3v) is 6.19. The third kappa shape index (κ3) is 3.80. The summed E-state index contributed by atoms with van der Waals surface area (Å²) in [6.45, 7) is 1.24. The van der Waals surface area contributed by atoms with E-state index >= 15 is 0 Å². The van der Waals surface area contributed by atoms with Gasteiger partial charge in [0.25, 0.3) is 5.91 Å². The van der Waals surface area contributed by atoms with Gasteiger partial charge in [-0.15, -0.1) is 0 Å². The van der Waals surface area contributed by atoms with Gasteiger partial charge in [-0.05, 0) is 42.8 Å². The molecule has 2 amide bonds.